The van der Waals surface area contributed by atoms with Crippen LogP contribution in [0.4, 0.5) is 13.2 Å². The number of nitrogens with one attached hydrogen (secondary N) is 1. The first-order valence-electron chi connectivity index (χ1n) is 10.7. The van der Waals surface area contributed by atoms with E-state index in [1.54, 1.807) is 34.7 Å². The Kier molecular flexibility index (Phi) is 9.40. The largest absolute Gasteiger partial charge is 0.490 e. The number of nitrogens with zero attached hydrogens (tertiary/aromatic N) is 5. The van der Waals surface area contributed by atoms with E-state index in [1.165, 1.54) is 19.4 Å². The lowest BCUT2D eigenvalue weighted by atomic mass is 10.2. The quantitative estimate of drug-likeness (QED) is 0.528. The summed E-state index contributed by atoms with van der Waals surface area (Å²) in [6.07, 6.45) is -3.62. The summed E-state index contributed by atoms with van der Waals surface area (Å²) in [6, 6.07) is 6.49. The minimum absolute atomic E-state index is 0.0602. The van der Waals surface area contributed by atoms with Crippen molar-refractivity contribution in [3.05, 3.63) is 42.0 Å². The summed E-state index contributed by atoms with van der Waals surface area (Å²) in [7, 11) is 3.00. The number of sulfonamides is 1. The number of carbonyl (C=O) groups is 3. The van der Waals surface area contributed by atoms with Crippen LogP contribution in [-0.2, 0) is 26.2 Å². The van der Waals surface area contributed by atoms with E-state index in [4.69, 9.17) is 9.90 Å². The molecule has 16 heteroatoms. The molecule has 2 N–H and O–H groups in total. The Morgan fingerprint density at radius 1 is 1.14 bits per heavy atom. The predicted molar refractivity (Wildman–Crippen MR) is 124 cm³/mol. The van der Waals surface area contributed by atoms with Crippen molar-refractivity contribution in [2.75, 3.05) is 47.8 Å². The van der Waals surface area contributed by atoms with Crippen LogP contribution in [-0.4, -0.2) is 109 Å². The van der Waals surface area contributed by atoms with Crippen LogP contribution < -0.4 is 5.32 Å². The lowest BCUT2D eigenvalue weighted by Gasteiger charge is -2.21. The highest BCUT2D eigenvalue weighted by molar-refractivity contribution is 7.89. The summed E-state index contributed by atoms with van der Waals surface area (Å²) in [5.41, 5.74) is 0.994. The van der Waals surface area contributed by atoms with Gasteiger partial charge in [-0.15, -0.1) is 0 Å². The average molecular weight is 549 g/mol. The lowest BCUT2D eigenvalue weighted by Crippen LogP contribution is -2.39. The van der Waals surface area contributed by atoms with Crippen LogP contribution in [0.15, 0.2) is 35.5 Å². The maximum atomic E-state index is 13.2. The zero-order valence-corrected chi connectivity index (χ0v) is 21.3. The number of fused-ring (bicyclic) bond motifs is 3. The van der Waals surface area contributed by atoms with Crippen molar-refractivity contribution in [2.24, 2.45) is 0 Å². The highest BCUT2D eigenvalue weighted by atomic mass is 32.2. The summed E-state index contributed by atoms with van der Waals surface area (Å²) in [5, 5.41) is 9.57. The number of likely N-dealkylation sites (N-methyl/N-ethyl adjacent to an activating group) is 3. The third kappa shape index (κ3) is 7.05. The van der Waals surface area contributed by atoms with Gasteiger partial charge in [0.05, 0.1) is 24.5 Å². The maximum Gasteiger partial charge on any atom is 0.490 e. The number of aromatic nitrogens is 2. The highest BCUT2D eigenvalue weighted by Gasteiger charge is 2.38. The number of hydrogen-bond donors (Lipinski definition) is 2. The van der Waals surface area contributed by atoms with Gasteiger partial charge < -0.3 is 20.2 Å². The van der Waals surface area contributed by atoms with Crippen LogP contribution in [0, 0.1) is 0 Å². The number of benzene rings is 1. The van der Waals surface area contributed by atoms with E-state index in [-0.39, 0.29) is 29.6 Å². The Bertz CT molecular complexity index is 1260. The monoisotopic (exact) mass is 548 g/mol. The number of para-hydroxylation sites is 1. The third-order valence-electron chi connectivity index (χ3n) is 5.21. The van der Waals surface area contributed by atoms with Crippen LogP contribution in [0.5, 0.6) is 0 Å². The smallest absolute Gasteiger partial charge is 0.475 e. The molecule has 3 rings (SSSR count). The van der Waals surface area contributed by atoms with E-state index in [2.05, 4.69) is 10.3 Å². The highest BCUT2D eigenvalue weighted by Crippen LogP contribution is 2.31. The van der Waals surface area contributed by atoms with Gasteiger partial charge in [-0.1, -0.05) is 12.1 Å². The minimum atomic E-state index is -5.08. The first-order chi connectivity index (χ1) is 17.1. The molecule has 0 bridgehead atoms. The first kappa shape index (κ1) is 29.7. The van der Waals surface area contributed by atoms with Crippen LogP contribution in [0.3, 0.4) is 0 Å². The van der Waals surface area contributed by atoms with Crippen molar-refractivity contribution in [3.63, 3.8) is 0 Å². The van der Waals surface area contributed by atoms with Gasteiger partial charge in [0.2, 0.25) is 15.9 Å². The molecular formula is C21H27F3N6O6S. The summed E-state index contributed by atoms with van der Waals surface area (Å²) in [4.78, 5) is 41.8. The number of aliphatic carboxylic acids is 1. The van der Waals surface area contributed by atoms with Crippen molar-refractivity contribution in [2.45, 2.75) is 17.6 Å². The Morgan fingerprint density at radius 3 is 2.27 bits per heavy atom. The number of alkyl halides is 3. The number of carboxylic acids is 1. The van der Waals surface area contributed by atoms with E-state index >= 15 is 0 Å². The fourth-order valence-corrected chi connectivity index (χ4v) is 4.73. The van der Waals surface area contributed by atoms with Crippen molar-refractivity contribution in [3.8, 4) is 5.69 Å². The Balaban J connectivity index is 0.000000604. The molecule has 2 aromatic rings. The second-order valence-corrected chi connectivity index (χ2v) is 10.1. The zero-order valence-electron chi connectivity index (χ0n) is 20.5. The second-order valence-electron chi connectivity index (χ2n) is 8.16. The molecular weight excluding hydrogens is 521 g/mol. The van der Waals surface area contributed by atoms with E-state index in [0.29, 0.717) is 24.5 Å². The van der Waals surface area contributed by atoms with Gasteiger partial charge >= 0.3 is 12.1 Å². The molecule has 1 aliphatic rings. The molecule has 0 saturated carbocycles. The standard InChI is InChI=1S/C19H26N6O4S.C2HF3O2/c1-20-17(26)12-24-11-15-18(19(27)23(4)10-9-22(2)3)21-13-25(15)14-7-5-6-8-16(14)30(24,28)29;3-2(4,5)1(6)7/h5-8,13H,9-12H2,1-4H3,(H,20,26);(H,6,7). The lowest BCUT2D eigenvalue weighted by molar-refractivity contribution is -0.192. The molecule has 2 amide bonds. The zero-order chi connectivity index (χ0) is 28.1. The van der Waals surface area contributed by atoms with E-state index in [1.807, 2.05) is 19.0 Å². The summed E-state index contributed by atoms with van der Waals surface area (Å²) in [5.74, 6) is -3.50. The predicted octanol–water partition coefficient (Wildman–Crippen LogP) is 0.390. The molecule has 1 aromatic carbocycles. The SMILES string of the molecule is CNC(=O)CN1Cc2c(C(=O)N(C)CCN(C)C)ncn2-c2ccccc2S1(=O)=O.O=C(O)C(F)(F)F. The molecule has 37 heavy (non-hydrogen) atoms. The number of halogens is 3. The maximum absolute atomic E-state index is 13.2. The first-order valence-corrected chi connectivity index (χ1v) is 12.1. The number of carbonyl (C=O) groups excluding carboxylic acids is 2. The van der Waals surface area contributed by atoms with Gasteiger partial charge in [0.1, 0.15) is 11.2 Å². The summed E-state index contributed by atoms with van der Waals surface area (Å²) >= 11 is 0. The topological polar surface area (TPSA) is 145 Å². The molecule has 0 unspecified atom stereocenters. The van der Waals surface area contributed by atoms with E-state index in [0.717, 1.165) is 4.31 Å². The third-order valence-corrected chi connectivity index (χ3v) is 7.05. The number of imidazole rings is 1. The molecule has 1 aromatic heterocycles. The molecule has 0 radical (unpaired) electrons. The summed E-state index contributed by atoms with van der Waals surface area (Å²) < 4.78 is 60.9. The van der Waals surface area contributed by atoms with Crippen LogP contribution in [0.25, 0.3) is 5.69 Å². The van der Waals surface area contributed by atoms with Crippen molar-refractivity contribution in [1.82, 2.24) is 29.0 Å². The van der Waals surface area contributed by atoms with Crippen molar-refractivity contribution >= 4 is 27.8 Å². The molecule has 0 atom stereocenters. The molecule has 0 fully saturated rings. The average Bonchev–Trinajstić information content (AvgIpc) is 3.21. The number of rotatable bonds is 6. The van der Waals surface area contributed by atoms with E-state index < -0.39 is 28.1 Å². The van der Waals surface area contributed by atoms with Gasteiger partial charge in [-0.3, -0.25) is 14.2 Å². The molecule has 0 aliphatic carbocycles. The molecule has 2 heterocycles. The Labute approximate surface area is 211 Å². The van der Waals surface area contributed by atoms with Gasteiger partial charge in [-0.2, -0.15) is 17.5 Å². The van der Waals surface area contributed by atoms with Crippen LogP contribution in [0.1, 0.15) is 16.2 Å². The van der Waals surface area contributed by atoms with Gasteiger partial charge in [0, 0.05) is 27.2 Å². The molecule has 1 aliphatic heterocycles. The molecule has 0 saturated heterocycles. The van der Waals surface area contributed by atoms with Crippen LogP contribution >= 0.6 is 0 Å². The fourth-order valence-electron chi connectivity index (χ4n) is 3.19. The number of carboxylic acid groups (broad SMARTS) is 1. The number of hydrogen-bond acceptors (Lipinski definition) is 7. The summed E-state index contributed by atoms with van der Waals surface area (Å²) in [6.45, 7) is 0.669. The second kappa shape index (κ2) is 11.7. The van der Waals surface area contributed by atoms with Crippen molar-refractivity contribution < 1.29 is 41.1 Å². The number of amides is 2. The molecule has 204 valence electrons. The van der Waals surface area contributed by atoms with Crippen molar-refractivity contribution in [1.29, 1.82) is 0 Å². The molecule has 0 spiro atoms. The van der Waals surface area contributed by atoms with E-state index in [9.17, 15) is 31.2 Å². The normalized spacial score (nSPS) is 14.5. The van der Waals surface area contributed by atoms with Gasteiger partial charge in [-0.05, 0) is 26.2 Å². The minimum Gasteiger partial charge on any atom is -0.475 e. The fraction of sp³-hybridized carbons (Fsp3) is 0.429. The van der Waals surface area contributed by atoms with Gasteiger partial charge in [-0.25, -0.2) is 18.2 Å². The van der Waals surface area contributed by atoms with Gasteiger partial charge in [0.15, 0.2) is 5.69 Å². The Morgan fingerprint density at radius 2 is 1.73 bits per heavy atom. The van der Waals surface area contributed by atoms with Gasteiger partial charge in [0.25, 0.3) is 5.91 Å². The van der Waals surface area contributed by atoms with Crippen LogP contribution in [0.2, 0.25) is 0 Å². The Hall–Kier alpha value is -3.50. The molecule has 12 nitrogen and oxygen atoms in total.